The van der Waals surface area contributed by atoms with Crippen molar-refractivity contribution in [2.45, 2.75) is 17.9 Å². The van der Waals surface area contributed by atoms with E-state index in [1.807, 2.05) is 0 Å². The number of sulfone groups is 1. The van der Waals surface area contributed by atoms with E-state index in [0.717, 1.165) is 18.9 Å². The molecule has 2 aromatic rings. The van der Waals surface area contributed by atoms with Crippen LogP contribution in [0.2, 0.25) is 0 Å². The Kier molecular flexibility index (Phi) is 5.44. The molecule has 2 heterocycles. The summed E-state index contributed by atoms with van der Waals surface area (Å²) in [5.41, 5.74) is 0. The van der Waals surface area contributed by atoms with E-state index in [0.29, 0.717) is 19.6 Å². The van der Waals surface area contributed by atoms with E-state index < -0.39 is 9.84 Å². The van der Waals surface area contributed by atoms with Gasteiger partial charge in [0.15, 0.2) is 9.84 Å². The number of H-pyrrole nitrogens is 1. The van der Waals surface area contributed by atoms with Crippen LogP contribution in [-0.4, -0.2) is 71.2 Å². The largest absolute Gasteiger partial charge is 0.340 e. The van der Waals surface area contributed by atoms with E-state index in [1.54, 1.807) is 35.2 Å². The number of amides is 1. The van der Waals surface area contributed by atoms with Gasteiger partial charge in [-0.15, -0.1) is 0 Å². The SMILES string of the molecule is O=C(CCS(=O)(=O)c1ccccc1)N1CCN(Cc2ncn[nH]2)CC1. The summed E-state index contributed by atoms with van der Waals surface area (Å²) >= 11 is 0. The van der Waals surface area contributed by atoms with Crippen molar-refractivity contribution in [1.82, 2.24) is 25.0 Å². The number of aromatic nitrogens is 3. The fourth-order valence-electron chi connectivity index (χ4n) is 2.80. The topological polar surface area (TPSA) is 99.3 Å². The molecule has 1 aromatic carbocycles. The monoisotopic (exact) mass is 363 g/mol. The van der Waals surface area contributed by atoms with Gasteiger partial charge in [-0.1, -0.05) is 18.2 Å². The highest BCUT2D eigenvalue weighted by Gasteiger charge is 2.23. The quantitative estimate of drug-likeness (QED) is 0.793. The fraction of sp³-hybridized carbons (Fsp3) is 0.438. The van der Waals surface area contributed by atoms with E-state index in [1.165, 1.54) is 6.33 Å². The minimum absolute atomic E-state index is 0.0132. The Balaban J connectivity index is 1.46. The molecule has 0 unspecified atom stereocenters. The van der Waals surface area contributed by atoms with Crippen LogP contribution in [0.1, 0.15) is 12.2 Å². The van der Waals surface area contributed by atoms with E-state index in [2.05, 4.69) is 20.1 Å². The molecule has 134 valence electrons. The van der Waals surface area contributed by atoms with Gasteiger partial charge in [0.05, 0.1) is 17.2 Å². The molecule has 0 atom stereocenters. The highest BCUT2D eigenvalue weighted by atomic mass is 32.2. The molecular weight excluding hydrogens is 342 g/mol. The second-order valence-corrected chi connectivity index (χ2v) is 8.08. The molecule has 9 heteroatoms. The molecule has 0 aliphatic carbocycles. The summed E-state index contributed by atoms with van der Waals surface area (Å²) in [6.45, 7) is 3.33. The lowest BCUT2D eigenvalue weighted by Gasteiger charge is -2.34. The summed E-state index contributed by atoms with van der Waals surface area (Å²) in [5, 5.41) is 6.64. The van der Waals surface area contributed by atoms with E-state index >= 15 is 0 Å². The van der Waals surface area contributed by atoms with Crippen LogP contribution in [0.3, 0.4) is 0 Å². The van der Waals surface area contributed by atoms with Crippen molar-refractivity contribution in [2.24, 2.45) is 0 Å². The van der Waals surface area contributed by atoms with Crippen molar-refractivity contribution in [1.29, 1.82) is 0 Å². The van der Waals surface area contributed by atoms with Crippen molar-refractivity contribution in [3.63, 3.8) is 0 Å². The first kappa shape index (κ1) is 17.6. The molecular formula is C16H21N5O3S. The second kappa shape index (κ2) is 7.75. The zero-order chi connectivity index (χ0) is 17.7. The molecule has 8 nitrogen and oxygen atoms in total. The lowest BCUT2D eigenvalue weighted by atomic mass is 10.3. The zero-order valence-electron chi connectivity index (χ0n) is 13.8. The van der Waals surface area contributed by atoms with Crippen molar-refractivity contribution in [2.75, 3.05) is 31.9 Å². The number of hydrogen-bond donors (Lipinski definition) is 1. The first-order chi connectivity index (χ1) is 12.0. The highest BCUT2D eigenvalue weighted by molar-refractivity contribution is 7.91. The van der Waals surface area contributed by atoms with Crippen molar-refractivity contribution in [3.8, 4) is 0 Å². The molecule has 0 saturated carbocycles. The number of rotatable bonds is 6. The van der Waals surface area contributed by atoms with Crippen LogP contribution in [0, 0.1) is 0 Å². The fourth-order valence-corrected chi connectivity index (χ4v) is 4.05. The van der Waals surface area contributed by atoms with Gasteiger partial charge in [-0.05, 0) is 12.1 Å². The molecule has 1 aliphatic heterocycles. The van der Waals surface area contributed by atoms with Crippen LogP contribution in [0.5, 0.6) is 0 Å². The smallest absolute Gasteiger partial charge is 0.223 e. The Morgan fingerprint density at radius 2 is 1.84 bits per heavy atom. The number of carbonyl (C=O) groups excluding carboxylic acids is 1. The van der Waals surface area contributed by atoms with Gasteiger partial charge >= 0.3 is 0 Å². The van der Waals surface area contributed by atoms with Gasteiger partial charge in [0, 0.05) is 32.6 Å². The molecule has 1 saturated heterocycles. The van der Waals surface area contributed by atoms with Crippen molar-refractivity contribution < 1.29 is 13.2 Å². The van der Waals surface area contributed by atoms with E-state index in [4.69, 9.17) is 0 Å². The van der Waals surface area contributed by atoms with E-state index in [-0.39, 0.29) is 23.0 Å². The Labute approximate surface area is 146 Å². The average molecular weight is 363 g/mol. The van der Waals surface area contributed by atoms with Gasteiger partial charge in [-0.25, -0.2) is 13.4 Å². The van der Waals surface area contributed by atoms with Crippen LogP contribution >= 0.6 is 0 Å². The number of aromatic amines is 1. The number of hydrogen-bond acceptors (Lipinski definition) is 6. The number of nitrogens with one attached hydrogen (secondary N) is 1. The predicted molar refractivity (Wildman–Crippen MR) is 91.4 cm³/mol. The zero-order valence-corrected chi connectivity index (χ0v) is 14.7. The Bertz CT molecular complexity index is 784. The molecule has 1 amide bonds. The summed E-state index contributed by atoms with van der Waals surface area (Å²) in [7, 11) is -3.42. The maximum atomic E-state index is 12.3. The highest BCUT2D eigenvalue weighted by Crippen LogP contribution is 2.13. The number of benzene rings is 1. The second-order valence-electron chi connectivity index (χ2n) is 5.97. The molecule has 1 N–H and O–H groups in total. The van der Waals surface area contributed by atoms with Gasteiger partial charge < -0.3 is 4.90 Å². The van der Waals surface area contributed by atoms with Crippen LogP contribution in [0.4, 0.5) is 0 Å². The lowest BCUT2D eigenvalue weighted by molar-refractivity contribution is -0.132. The number of carbonyl (C=O) groups is 1. The Morgan fingerprint density at radius 1 is 1.12 bits per heavy atom. The molecule has 1 aliphatic rings. The van der Waals surface area contributed by atoms with Crippen molar-refractivity contribution in [3.05, 3.63) is 42.5 Å². The number of piperazine rings is 1. The first-order valence-corrected chi connectivity index (χ1v) is 9.82. The minimum Gasteiger partial charge on any atom is -0.340 e. The molecule has 0 bridgehead atoms. The summed E-state index contributed by atoms with van der Waals surface area (Å²) in [6, 6.07) is 8.25. The van der Waals surface area contributed by atoms with Crippen LogP contribution in [0.25, 0.3) is 0 Å². The lowest BCUT2D eigenvalue weighted by Crippen LogP contribution is -2.48. The maximum Gasteiger partial charge on any atom is 0.223 e. The normalized spacial score (nSPS) is 16.1. The minimum atomic E-state index is -3.42. The van der Waals surface area contributed by atoms with Gasteiger partial charge in [0.25, 0.3) is 0 Å². The third-order valence-corrected chi connectivity index (χ3v) is 5.98. The molecule has 1 fully saturated rings. The van der Waals surface area contributed by atoms with Crippen LogP contribution in [-0.2, 0) is 21.2 Å². The Hall–Kier alpha value is -2.26. The average Bonchev–Trinajstić information content (AvgIpc) is 3.14. The first-order valence-electron chi connectivity index (χ1n) is 8.17. The third kappa shape index (κ3) is 4.64. The summed E-state index contributed by atoms with van der Waals surface area (Å²) in [5.74, 6) is 0.529. The van der Waals surface area contributed by atoms with Crippen LogP contribution in [0.15, 0.2) is 41.6 Å². The van der Waals surface area contributed by atoms with Gasteiger partial charge in [-0.3, -0.25) is 14.8 Å². The standard InChI is InChI=1S/C16H21N5O3S/c22-16(6-11-25(23,24)14-4-2-1-3-5-14)21-9-7-20(8-10-21)12-15-17-13-18-19-15/h1-5,13H,6-12H2,(H,17,18,19). The van der Waals surface area contributed by atoms with Gasteiger partial charge in [0.2, 0.25) is 5.91 Å². The molecule has 1 aromatic heterocycles. The van der Waals surface area contributed by atoms with Gasteiger partial charge in [-0.2, -0.15) is 5.10 Å². The van der Waals surface area contributed by atoms with Gasteiger partial charge in [0.1, 0.15) is 12.2 Å². The molecule has 0 spiro atoms. The molecule has 3 rings (SSSR count). The van der Waals surface area contributed by atoms with Crippen molar-refractivity contribution >= 4 is 15.7 Å². The Morgan fingerprint density at radius 3 is 2.48 bits per heavy atom. The summed E-state index contributed by atoms with van der Waals surface area (Å²) < 4.78 is 24.5. The molecule has 25 heavy (non-hydrogen) atoms. The predicted octanol–water partition coefficient (Wildman–Crippen LogP) is 0.313. The maximum absolute atomic E-state index is 12.3. The summed E-state index contributed by atoms with van der Waals surface area (Å²) in [4.78, 5) is 20.6. The third-order valence-electron chi connectivity index (χ3n) is 4.25. The van der Waals surface area contributed by atoms with E-state index in [9.17, 15) is 13.2 Å². The number of nitrogens with zero attached hydrogens (tertiary/aromatic N) is 4. The summed E-state index contributed by atoms with van der Waals surface area (Å²) in [6.07, 6.45) is 1.49. The van der Waals surface area contributed by atoms with Crippen LogP contribution < -0.4 is 0 Å². The molecule has 0 radical (unpaired) electrons.